The number of nitriles is 1. The van der Waals surface area contributed by atoms with Crippen LogP contribution in [0.4, 0.5) is 5.69 Å². The van der Waals surface area contributed by atoms with Crippen molar-refractivity contribution in [1.29, 1.82) is 5.26 Å². The number of nitrogens with zero attached hydrogens (tertiary/aromatic N) is 1. The Bertz CT molecular complexity index is 847. The zero-order chi connectivity index (χ0) is 15.6. The molecule has 21 heavy (non-hydrogen) atoms. The molecule has 0 radical (unpaired) electrons. The SMILES string of the molecule is Cc1csc(C(=O)O)c1NS(=O)(=O)c1cccc(C#N)c1. The van der Waals surface area contributed by atoms with Gasteiger partial charge >= 0.3 is 5.97 Å². The molecule has 0 spiro atoms. The molecule has 108 valence electrons. The number of rotatable bonds is 4. The van der Waals surface area contributed by atoms with Gasteiger partial charge in [0.2, 0.25) is 0 Å². The van der Waals surface area contributed by atoms with Crippen molar-refractivity contribution in [2.75, 3.05) is 4.72 Å². The lowest BCUT2D eigenvalue weighted by atomic mass is 10.2. The van der Waals surface area contributed by atoms with Crippen LogP contribution < -0.4 is 4.72 Å². The van der Waals surface area contributed by atoms with E-state index in [0.717, 1.165) is 11.3 Å². The van der Waals surface area contributed by atoms with Gasteiger partial charge in [-0.25, -0.2) is 13.2 Å². The van der Waals surface area contributed by atoms with Gasteiger partial charge in [0.15, 0.2) is 0 Å². The molecule has 2 aromatic rings. The number of anilines is 1. The number of hydrogen-bond donors (Lipinski definition) is 2. The average molecular weight is 322 g/mol. The summed E-state index contributed by atoms with van der Waals surface area (Å²) in [6.07, 6.45) is 0. The van der Waals surface area contributed by atoms with Gasteiger partial charge in [-0.1, -0.05) is 6.07 Å². The number of aromatic carboxylic acids is 1. The lowest BCUT2D eigenvalue weighted by Gasteiger charge is -2.09. The van der Waals surface area contributed by atoms with Crippen LogP contribution in [0.1, 0.15) is 20.8 Å². The second-order valence-electron chi connectivity index (χ2n) is 4.17. The summed E-state index contributed by atoms with van der Waals surface area (Å²) in [5.74, 6) is -1.20. The Labute approximate surface area is 125 Å². The van der Waals surface area contributed by atoms with E-state index >= 15 is 0 Å². The lowest BCUT2D eigenvalue weighted by Crippen LogP contribution is -2.15. The van der Waals surface area contributed by atoms with Crippen molar-refractivity contribution in [2.45, 2.75) is 11.8 Å². The zero-order valence-corrected chi connectivity index (χ0v) is 12.5. The molecule has 0 aliphatic heterocycles. The van der Waals surface area contributed by atoms with Crippen molar-refractivity contribution in [3.63, 3.8) is 0 Å². The first-order valence-corrected chi connectivity index (χ1v) is 8.06. The van der Waals surface area contributed by atoms with Gasteiger partial charge in [-0.15, -0.1) is 11.3 Å². The minimum Gasteiger partial charge on any atom is -0.477 e. The molecule has 0 amide bonds. The number of aryl methyl sites for hydroxylation is 1. The van der Waals surface area contributed by atoms with Crippen LogP contribution in [-0.4, -0.2) is 19.5 Å². The molecule has 1 aromatic carbocycles. The minimum atomic E-state index is -3.95. The molecule has 1 aromatic heterocycles. The van der Waals surface area contributed by atoms with E-state index < -0.39 is 16.0 Å². The standard InChI is InChI=1S/C13H10N2O4S2/c1-8-7-20-12(13(16)17)11(8)15-21(18,19)10-4-2-3-9(5-10)6-14/h2-5,7,15H,1H3,(H,16,17). The van der Waals surface area contributed by atoms with Crippen LogP contribution in [-0.2, 0) is 10.0 Å². The van der Waals surface area contributed by atoms with Gasteiger partial charge in [-0.3, -0.25) is 4.72 Å². The molecule has 0 aliphatic carbocycles. The van der Waals surface area contributed by atoms with Gasteiger partial charge in [0.1, 0.15) is 4.88 Å². The van der Waals surface area contributed by atoms with E-state index in [0.29, 0.717) is 5.56 Å². The van der Waals surface area contributed by atoms with Crippen LogP contribution in [0, 0.1) is 18.3 Å². The fraction of sp³-hybridized carbons (Fsp3) is 0.0769. The molecule has 0 atom stereocenters. The van der Waals surface area contributed by atoms with Crippen LogP contribution in [0.5, 0.6) is 0 Å². The van der Waals surface area contributed by atoms with Gasteiger partial charge < -0.3 is 5.11 Å². The van der Waals surface area contributed by atoms with Crippen molar-refractivity contribution >= 4 is 33.0 Å². The molecule has 0 unspecified atom stereocenters. The predicted molar refractivity (Wildman–Crippen MR) is 78.0 cm³/mol. The first kappa shape index (κ1) is 15.0. The first-order chi connectivity index (χ1) is 9.85. The monoisotopic (exact) mass is 322 g/mol. The zero-order valence-electron chi connectivity index (χ0n) is 10.8. The van der Waals surface area contributed by atoms with Gasteiger partial charge in [-0.2, -0.15) is 5.26 Å². The van der Waals surface area contributed by atoms with Gasteiger partial charge in [0, 0.05) is 0 Å². The Hall–Kier alpha value is -2.37. The Morgan fingerprint density at radius 2 is 2.14 bits per heavy atom. The molecule has 6 nitrogen and oxygen atoms in total. The first-order valence-electron chi connectivity index (χ1n) is 5.69. The summed E-state index contributed by atoms with van der Waals surface area (Å²) in [7, 11) is -3.95. The summed E-state index contributed by atoms with van der Waals surface area (Å²) >= 11 is 0.949. The second-order valence-corrected chi connectivity index (χ2v) is 6.74. The highest BCUT2D eigenvalue weighted by Crippen LogP contribution is 2.29. The highest BCUT2D eigenvalue weighted by Gasteiger charge is 2.22. The van der Waals surface area contributed by atoms with Gasteiger partial charge in [-0.05, 0) is 36.1 Å². The summed E-state index contributed by atoms with van der Waals surface area (Å²) in [4.78, 5) is 10.9. The molecule has 2 rings (SSSR count). The minimum absolute atomic E-state index is 0.0508. The molecule has 0 bridgehead atoms. The van der Waals surface area contributed by atoms with E-state index in [1.54, 1.807) is 12.3 Å². The van der Waals surface area contributed by atoms with Gasteiger partial charge in [0.05, 0.1) is 22.2 Å². The van der Waals surface area contributed by atoms with Crippen molar-refractivity contribution in [3.05, 3.63) is 45.6 Å². The van der Waals surface area contributed by atoms with Crippen LogP contribution in [0.2, 0.25) is 0 Å². The molecule has 1 heterocycles. The number of hydrogen-bond acceptors (Lipinski definition) is 5. The largest absolute Gasteiger partial charge is 0.477 e. The second kappa shape index (κ2) is 5.55. The maximum Gasteiger partial charge on any atom is 0.348 e. The summed E-state index contributed by atoms with van der Waals surface area (Å²) in [6, 6.07) is 7.35. The maximum atomic E-state index is 12.3. The third-order valence-corrected chi connectivity index (χ3v) is 5.11. The van der Waals surface area contributed by atoms with E-state index in [-0.39, 0.29) is 21.0 Å². The summed E-state index contributed by atoms with van der Waals surface area (Å²) < 4.78 is 26.8. The Balaban J connectivity index is 2.45. The van der Waals surface area contributed by atoms with Crippen molar-refractivity contribution < 1.29 is 18.3 Å². The maximum absolute atomic E-state index is 12.3. The Morgan fingerprint density at radius 1 is 1.43 bits per heavy atom. The number of thiophene rings is 1. The summed E-state index contributed by atoms with van der Waals surface area (Å²) in [5, 5.41) is 19.4. The molecule has 0 aliphatic rings. The number of benzene rings is 1. The molecule has 0 saturated carbocycles. The molecule has 2 N–H and O–H groups in total. The van der Waals surface area contributed by atoms with E-state index in [1.807, 2.05) is 6.07 Å². The predicted octanol–water partition coefficient (Wildman–Crippen LogP) is 2.43. The van der Waals surface area contributed by atoms with Gasteiger partial charge in [0.25, 0.3) is 10.0 Å². The van der Waals surface area contributed by atoms with Crippen LogP contribution >= 0.6 is 11.3 Å². The van der Waals surface area contributed by atoms with E-state index in [9.17, 15) is 13.2 Å². The van der Waals surface area contributed by atoms with E-state index in [2.05, 4.69) is 4.72 Å². The van der Waals surface area contributed by atoms with E-state index in [1.165, 1.54) is 24.3 Å². The fourth-order valence-corrected chi connectivity index (χ4v) is 3.75. The molecular formula is C13H10N2O4S2. The normalized spacial score (nSPS) is 10.9. The molecular weight excluding hydrogens is 312 g/mol. The molecule has 0 fully saturated rings. The molecule has 0 saturated heterocycles. The Morgan fingerprint density at radius 3 is 2.76 bits per heavy atom. The summed E-state index contributed by atoms with van der Waals surface area (Å²) in [5.41, 5.74) is 0.783. The number of carboxylic acids is 1. The third-order valence-electron chi connectivity index (χ3n) is 2.68. The summed E-state index contributed by atoms with van der Waals surface area (Å²) in [6.45, 7) is 1.62. The number of sulfonamides is 1. The van der Waals surface area contributed by atoms with Crippen LogP contribution in [0.3, 0.4) is 0 Å². The van der Waals surface area contributed by atoms with Crippen molar-refractivity contribution in [3.8, 4) is 6.07 Å². The Kier molecular flexibility index (Phi) is 3.97. The highest BCUT2D eigenvalue weighted by atomic mass is 32.2. The van der Waals surface area contributed by atoms with Crippen molar-refractivity contribution in [2.24, 2.45) is 0 Å². The van der Waals surface area contributed by atoms with Crippen LogP contribution in [0.25, 0.3) is 0 Å². The fourth-order valence-electron chi connectivity index (χ4n) is 1.65. The molecule has 8 heteroatoms. The number of carbonyl (C=O) groups is 1. The lowest BCUT2D eigenvalue weighted by molar-refractivity contribution is 0.0703. The number of nitrogens with one attached hydrogen (secondary N) is 1. The third kappa shape index (κ3) is 3.04. The average Bonchev–Trinajstić information content (AvgIpc) is 2.80. The smallest absolute Gasteiger partial charge is 0.348 e. The van der Waals surface area contributed by atoms with E-state index in [4.69, 9.17) is 10.4 Å². The van der Waals surface area contributed by atoms with Crippen molar-refractivity contribution in [1.82, 2.24) is 0 Å². The highest BCUT2D eigenvalue weighted by molar-refractivity contribution is 7.92. The quantitative estimate of drug-likeness (QED) is 0.899. The topological polar surface area (TPSA) is 107 Å². The number of carboxylic acid groups (broad SMARTS) is 1. The van der Waals surface area contributed by atoms with Crippen LogP contribution in [0.15, 0.2) is 34.5 Å².